The molecule has 2 aromatic rings. The Kier molecular flexibility index (Phi) is 5.45. The van der Waals surface area contributed by atoms with Crippen molar-refractivity contribution in [3.63, 3.8) is 0 Å². The van der Waals surface area contributed by atoms with Crippen molar-refractivity contribution in [1.82, 2.24) is 19.7 Å². The third-order valence-electron chi connectivity index (χ3n) is 5.49. The van der Waals surface area contributed by atoms with Gasteiger partial charge in [0.05, 0.1) is 30.2 Å². The van der Waals surface area contributed by atoms with E-state index >= 15 is 0 Å². The van der Waals surface area contributed by atoms with Crippen LogP contribution in [0.4, 0.5) is 10.5 Å². The number of urea groups is 1. The maximum atomic E-state index is 12.6. The summed E-state index contributed by atoms with van der Waals surface area (Å²) in [4.78, 5) is 22.7. The molecular weight excluding hydrogens is 354 g/mol. The molecule has 28 heavy (non-hydrogen) atoms. The molecule has 0 unspecified atom stereocenters. The van der Waals surface area contributed by atoms with Crippen LogP contribution in [-0.2, 0) is 19.5 Å². The summed E-state index contributed by atoms with van der Waals surface area (Å²) in [5, 5.41) is 10.6. The Morgan fingerprint density at radius 3 is 2.61 bits per heavy atom. The number of aromatic nitrogens is 1. The first-order valence-corrected chi connectivity index (χ1v) is 9.80. The zero-order valence-electron chi connectivity index (χ0n) is 16.0. The summed E-state index contributed by atoms with van der Waals surface area (Å²) in [5.41, 5.74) is 9.82. The highest BCUT2D eigenvalue weighted by molar-refractivity contribution is 5.76. The Hall–Kier alpha value is -2.64. The standard InChI is InChI=1S/C21H27N5O2/c22-18-5-6-19(23-11-18)13-25-9-10-26(21(25)28)15-20(27)14-24-8-7-16-3-1-2-4-17(16)12-24/h1-6,11,20,27H,7-10,12-15,22H2/t20-/m1/s1. The lowest BCUT2D eigenvalue weighted by Crippen LogP contribution is -2.43. The van der Waals surface area contributed by atoms with Gasteiger partial charge in [0.25, 0.3) is 0 Å². The number of amides is 2. The lowest BCUT2D eigenvalue weighted by Gasteiger charge is -2.31. The molecule has 0 radical (unpaired) electrons. The van der Waals surface area contributed by atoms with Crippen molar-refractivity contribution in [1.29, 1.82) is 0 Å². The molecule has 0 saturated carbocycles. The Balaban J connectivity index is 1.27. The summed E-state index contributed by atoms with van der Waals surface area (Å²) in [5.74, 6) is 0. The molecule has 3 heterocycles. The van der Waals surface area contributed by atoms with Crippen LogP contribution < -0.4 is 5.73 Å². The lowest BCUT2D eigenvalue weighted by molar-refractivity contribution is 0.0812. The van der Waals surface area contributed by atoms with Crippen LogP contribution in [0, 0.1) is 0 Å². The predicted molar refractivity (Wildman–Crippen MR) is 107 cm³/mol. The van der Waals surface area contributed by atoms with E-state index in [2.05, 4.69) is 34.1 Å². The van der Waals surface area contributed by atoms with E-state index in [0.29, 0.717) is 38.4 Å². The lowest BCUT2D eigenvalue weighted by atomic mass is 10.00. The first-order valence-electron chi connectivity index (χ1n) is 9.80. The zero-order valence-corrected chi connectivity index (χ0v) is 16.0. The minimum absolute atomic E-state index is 0.0401. The second kappa shape index (κ2) is 8.16. The summed E-state index contributed by atoms with van der Waals surface area (Å²) in [6.45, 7) is 4.49. The average Bonchev–Trinajstić information content (AvgIpc) is 3.03. The minimum Gasteiger partial charge on any atom is -0.397 e. The largest absolute Gasteiger partial charge is 0.397 e. The summed E-state index contributed by atoms with van der Waals surface area (Å²) in [6, 6.07) is 12.1. The third-order valence-corrected chi connectivity index (χ3v) is 5.49. The molecule has 1 aromatic carbocycles. The van der Waals surface area contributed by atoms with Crippen LogP contribution in [0.25, 0.3) is 0 Å². The molecule has 1 atom stereocenters. The fourth-order valence-corrected chi connectivity index (χ4v) is 3.99. The highest BCUT2D eigenvalue weighted by atomic mass is 16.3. The SMILES string of the molecule is Nc1ccc(CN2CCN(C[C@H](O)CN3CCc4ccccc4C3)C2=O)nc1. The van der Waals surface area contributed by atoms with Crippen molar-refractivity contribution in [2.45, 2.75) is 25.6 Å². The van der Waals surface area contributed by atoms with Crippen LogP contribution >= 0.6 is 0 Å². The fourth-order valence-electron chi connectivity index (χ4n) is 3.99. The number of aliphatic hydroxyl groups is 1. The maximum Gasteiger partial charge on any atom is 0.320 e. The zero-order chi connectivity index (χ0) is 19.5. The number of rotatable bonds is 6. The number of carbonyl (C=O) groups is 1. The fraction of sp³-hybridized carbons (Fsp3) is 0.429. The molecule has 1 fully saturated rings. The second-order valence-electron chi connectivity index (χ2n) is 7.64. The third kappa shape index (κ3) is 4.26. The van der Waals surface area contributed by atoms with Gasteiger partial charge in [0.2, 0.25) is 0 Å². The molecule has 2 amide bonds. The number of β-amino-alcohol motifs (C(OH)–C–C–N with tert-alkyl or cyclic N) is 1. The molecule has 4 rings (SSSR count). The van der Waals surface area contributed by atoms with Crippen LogP contribution in [0.2, 0.25) is 0 Å². The molecule has 0 bridgehead atoms. The van der Waals surface area contributed by atoms with E-state index in [1.807, 2.05) is 6.07 Å². The number of anilines is 1. The average molecular weight is 381 g/mol. The molecule has 2 aliphatic heterocycles. The van der Waals surface area contributed by atoms with Crippen molar-refractivity contribution >= 4 is 11.7 Å². The van der Waals surface area contributed by atoms with Gasteiger partial charge < -0.3 is 20.6 Å². The first-order chi connectivity index (χ1) is 13.6. The van der Waals surface area contributed by atoms with Gasteiger partial charge in [-0.05, 0) is 29.7 Å². The van der Waals surface area contributed by atoms with E-state index in [-0.39, 0.29) is 6.03 Å². The Labute approximate surface area is 165 Å². The molecule has 3 N–H and O–H groups in total. The van der Waals surface area contributed by atoms with E-state index in [1.165, 1.54) is 11.1 Å². The molecule has 0 aliphatic carbocycles. The summed E-state index contributed by atoms with van der Waals surface area (Å²) >= 11 is 0. The van der Waals surface area contributed by atoms with Gasteiger partial charge in [-0.25, -0.2) is 4.79 Å². The number of hydrogen-bond donors (Lipinski definition) is 2. The van der Waals surface area contributed by atoms with E-state index in [9.17, 15) is 9.90 Å². The summed E-state index contributed by atoms with van der Waals surface area (Å²) in [6.07, 6.45) is 2.06. The smallest absolute Gasteiger partial charge is 0.320 e. The van der Waals surface area contributed by atoms with Crippen molar-refractivity contribution in [3.8, 4) is 0 Å². The number of nitrogen functional groups attached to an aromatic ring is 1. The maximum absolute atomic E-state index is 12.6. The quantitative estimate of drug-likeness (QED) is 0.788. The summed E-state index contributed by atoms with van der Waals surface area (Å²) < 4.78 is 0. The molecule has 148 valence electrons. The molecule has 2 aliphatic rings. The van der Waals surface area contributed by atoms with E-state index < -0.39 is 6.10 Å². The van der Waals surface area contributed by atoms with Crippen LogP contribution in [0.5, 0.6) is 0 Å². The van der Waals surface area contributed by atoms with Crippen LogP contribution in [0.1, 0.15) is 16.8 Å². The highest BCUT2D eigenvalue weighted by Crippen LogP contribution is 2.19. The molecule has 7 nitrogen and oxygen atoms in total. The first kappa shape index (κ1) is 18.7. The number of nitrogens with two attached hydrogens (primary N) is 1. The highest BCUT2D eigenvalue weighted by Gasteiger charge is 2.30. The van der Waals surface area contributed by atoms with E-state index in [4.69, 9.17) is 5.73 Å². The van der Waals surface area contributed by atoms with Crippen molar-refractivity contribution in [2.75, 3.05) is 38.5 Å². The number of benzene rings is 1. The molecule has 1 saturated heterocycles. The Bertz CT molecular complexity index is 826. The Morgan fingerprint density at radius 2 is 1.82 bits per heavy atom. The van der Waals surface area contributed by atoms with E-state index in [0.717, 1.165) is 25.2 Å². The number of aliphatic hydroxyl groups excluding tert-OH is 1. The number of carbonyl (C=O) groups excluding carboxylic acids is 1. The van der Waals surface area contributed by atoms with Gasteiger partial charge in [-0.3, -0.25) is 9.88 Å². The molecule has 7 heteroatoms. The normalized spacial score (nSPS) is 18.4. The molecule has 0 spiro atoms. The Morgan fingerprint density at radius 1 is 1.04 bits per heavy atom. The predicted octanol–water partition coefficient (Wildman–Crippen LogP) is 1.32. The van der Waals surface area contributed by atoms with Crippen LogP contribution in [-0.4, -0.2) is 69.6 Å². The number of pyridine rings is 1. The van der Waals surface area contributed by atoms with Crippen LogP contribution in [0.3, 0.4) is 0 Å². The van der Waals surface area contributed by atoms with Gasteiger partial charge in [0.1, 0.15) is 0 Å². The monoisotopic (exact) mass is 381 g/mol. The topological polar surface area (TPSA) is 85.9 Å². The molecule has 1 aromatic heterocycles. The number of hydrogen-bond acceptors (Lipinski definition) is 5. The van der Waals surface area contributed by atoms with Crippen molar-refractivity contribution in [3.05, 3.63) is 59.4 Å². The number of nitrogens with zero attached hydrogens (tertiary/aromatic N) is 4. The van der Waals surface area contributed by atoms with Crippen molar-refractivity contribution in [2.24, 2.45) is 0 Å². The molecular formula is C21H27N5O2. The summed E-state index contributed by atoms with van der Waals surface area (Å²) in [7, 11) is 0. The van der Waals surface area contributed by atoms with Gasteiger partial charge >= 0.3 is 6.03 Å². The van der Waals surface area contributed by atoms with E-state index in [1.54, 1.807) is 22.1 Å². The minimum atomic E-state index is -0.552. The van der Waals surface area contributed by atoms with Crippen molar-refractivity contribution < 1.29 is 9.90 Å². The van der Waals surface area contributed by atoms with Gasteiger partial charge in [-0.15, -0.1) is 0 Å². The number of fused-ring (bicyclic) bond motifs is 1. The second-order valence-corrected chi connectivity index (χ2v) is 7.64. The van der Waals surface area contributed by atoms with Gasteiger partial charge in [-0.1, -0.05) is 24.3 Å². The van der Waals surface area contributed by atoms with Gasteiger partial charge in [-0.2, -0.15) is 0 Å². The van der Waals surface area contributed by atoms with Gasteiger partial charge in [0.15, 0.2) is 0 Å². The van der Waals surface area contributed by atoms with Crippen LogP contribution in [0.15, 0.2) is 42.6 Å². The van der Waals surface area contributed by atoms with Gasteiger partial charge in [0, 0.05) is 39.3 Å².